The predicted molar refractivity (Wildman–Crippen MR) is 94.9 cm³/mol. The van der Waals surface area contributed by atoms with Crippen LogP contribution in [0.4, 0.5) is 4.39 Å². The molecule has 0 saturated carbocycles. The van der Waals surface area contributed by atoms with Crippen molar-refractivity contribution >= 4 is 0 Å². The molecule has 0 spiro atoms. The molecule has 1 heterocycles. The van der Waals surface area contributed by atoms with E-state index < -0.39 is 0 Å². The Morgan fingerprint density at radius 1 is 1.12 bits per heavy atom. The van der Waals surface area contributed by atoms with Crippen LogP contribution in [-0.2, 0) is 13.0 Å². The van der Waals surface area contributed by atoms with Crippen molar-refractivity contribution in [2.45, 2.75) is 19.9 Å². The highest BCUT2D eigenvalue weighted by molar-refractivity contribution is 5.52. The van der Waals surface area contributed by atoms with Gasteiger partial charge >= 0.3 is 0 Å². The van der Waals surface area contributed by atoms with Gasteiger partial charge in [-0.3, -0.25) is 0 Å². The summed E-state index contributed by atoms with van der Waals surface area (Å²) in [5.41, 5.74) is 2.77. The van der Waals surface area contributed by atoms with E-state index in [1.54, 1.807) is 18.4 Å². The fourth-order valence-electron chi connectivity index (χ4n) is 2.53. The van der Waals surface area contributed by atoms with E-state index in [4.69, 9.17) is 9.15 Å². The first kappa shape index (κ1) is 17.2. The molecule has 3 aromatic rings. The number of nitrogens with zero attached hydrogens (tertiary/aromatic N) is 1. The Kier molecular flexibility index (Phi) is 5.80. The summed E-state index contributed by atoms with van der Waals surface area (Å²) < 4.78 is 24.1. The molecule has 3 rings (SSSR count). The van der Waals surface area contributed by atoms with Crippen LogP contribution in [0, 0.1) is 5.82 Å². The number of benzene rings is 2. The first-order valence-electron chi connectivity index (χ1n) is 8.38. The molecule has 1 aromatic heterocycles. The van der Waals surface area contributed by atoms with Gasteiger partial charge in [0.25, 0.3) is 0 Å². The average molecular weight is 340 g/mol. The summed E-state index contributed by atoms with van der Waals surface area (Å²) in [7, 11) is 0. The molecule has 0 amide bonds. The van der Waals surface area contributed by atoms with E-state index in [1.807, 2.05) is 25.1 Å². The number of ether oxygens (including phenoxy) is 1. The van der Waals surface area contributed by atoms with Gasteiger partial charge in [0.1, 0.15) is 17.8 Å². The van der Waals surface area contributed by atoms with Gasteiger partial charge in [0.2, 0.25) is 5.89 Å². The number of oxazole rings is 1. The third-order valence-corrected chi connectivity index (χ3v) is 3.79. The molecule has 0 fully saturated rings. The highest BCUT2D eigenvalue weighted by Crippen LogP contribution is 2.19. The first-order valence-corrected chi connectivity index (χ1v) is 8.38. The number of hydrogen-bond acceptors (Lipinski definition) is 4. The lowest BCUT2D eigenvalue weighted by atomic mass is 10.2. The van der Waals surface area contributed by atoms with Gasteiger partial charge < -0.3 is 14.5 Å². The van der Waals surface area contributed by atoms with Crippen molar-refractivity contribution in [1.29, 1.82) is 0 Å². The van der Waals surface area contributed by atoms with Gasteiger partial charge in [-0.2, -0.15) is 0 Å². The minimum absolute atomic E-state index is 0.271. The van der Waals surface area contributed by atoms with Crippen molar-refractivity contribution in [2.75, 3.05) is 13.2 Å². The molecule has 0 radical (unpaired) electrons. The van der Waals surface area contributed by atoms with Crippen molar-refractivity contribution in [3.8, 4) is 17.2 Å². The van der Waals surface area contributed by atoms with Crippen LogP contribution in [0.2, 0.25) is 0 Å². The van der Waals surface area contributed by atoms with Crippen LogP contribution in [0.3, 0.4) is 0 Å². The van der Waals surface area contributed by atoms with Gasteiger partial charge in [-0.15, -0.1) is 0 Å². The first-order chi connectivity index (χ1) is 12.3. The van der Waals surface area contributed by atoms with Crippen LogP contribution in [0.15, 0.2) is 59.2 Å². The Morgan fingerprint density at radius 3 is 2.72 bits per heavy atom. The molecule has 5 heteroatoms. The van der Waals surface area contributed by atoms with Crippen LogP contribution in [-0.4, -0.2) is 18.1 Å². The topological polar surface area (TPSA) is 47.3 Å². The monoisotopic (exact) mass is 340 g/mol. The number of aromatic nitrogens is 1. The highest BCUT2D eigenvalue weighted by atomic mass is 19.1. The van der Waals surface area contributed by atoms with E-state index in [0.29, 0.717) is 12.5 Å². The third kappa shape index (κ3) is 4.67. The lowest BCUT2D eigenvalue weighted by molar-refractivity contribution is 0.335. The number of hydrogen-bond donors (Lipinski definition) is 1. The molecule has 25 heavy (non-hydrogen) atoms. The number of rotatable bonds is 8. The molecule has 0 saturated heterocycles. The maximum absolute atomic E-state index is 13.0. The molecule has 0 aliphatic rings. The summed E-state index contributed by atoms with van der Waals surface area (Å²) in [4.78, 5) is 4.45. The zero-order valence-corrected chi connectivity index (χ0v) is 14.2. The van der Waals surface area contributed by atoms with Crippen LogP contribution in [0.1, 0.15) is 18.2 Å². The van der Waals surface area contributed by atoms with Crippen LogP contribution < -0.4 is 10.1 Å². The molecule has 0 aliphatic carbocycles. The van der Waals surface area contributed by atoms with E-state index in [2.05, 4.69) is 16.4 Å². The van der Waals surface area contributed by atoms with Crippen molar-refractivity contribution in [1.82, 2.24) is 10.3 Å². The summed E-state index contributed by atoms with van der Waals surface area (Å²) >= 11 is 0. The Hall–Kier alpha value is -2.66. The molecule has 130 valence electrons. The second kappa shape index (κ2) is 8.44. The molecule has 1 N–H and O–H groups in total. The molecular formula is C20H21FN2O2. The summed E-state index contributed by atoms with van der Waals surface area (Å²) in [6, 6.07) is 14.1. The van der Waals surface area contributed by atoms with Gasteiger partial charge in [-0.05, 0) is 37.3 Å². The Morgan fingerprint density at radius 2 is 1.92 bits per heavy atom. The molecular weight excluding hydrogens is 319 g/mol. The van der Waals surface area contributed by atoms with Gasteiger partial charge in [0, 0.05) is 30.6 Å². The van der Waals surface area contributed by atoms with Crippen LogP contribution in [0.25, 0.3) is 11.5 Å². The Balaban J connectivity index is 1.51. The smallest absolute Gasteiger partial charge is 0.226 e. The summed E-state index contributed by atoms with van der Waals surface area (Å²) in [6.07, 6.45) is 2.40. The van der Waals surface area contributed by atoms with Gasteiger partial charge in [0.05, 0.1) is 12.3 Å². The van der Waals surface area contributed by atoms with E-state index in [9.17, 15) is 4.39 Å². The van der Waals surface area contributed by atoms with Crippen molar-refractivity contribution in [2.24, 2.45) is 0 Å². The molecule has 0 aliphatic heterocycles. The fraction of sp³-hybridized carbons (Fsp3) is 0.250. The number of nitrogens with one attached hydrogen (secondary N) is 1. The minimum Gasteiger partial charge on any atom is -0.494 e. The van der Waals surface area contributed by atoms with Crippen LogP contribution in [0.5, 0.6) is 5.75 Å². The van der Waals surface area contributed by atoms with Gasteiger partial charge in [-0.1, -0.05) is 18.2 Å². The van der Waals surface area contributed by atoms with E-state index in [0.717, 1.165) is 42.1 Å². The second-order valence-electron chi connectivity index (χ2n) is 5.62. The van der Waals surface area contributed by atoms with Crippen molar-refractivity contribution < 1.29 is 13.5 Å². The molecule has 0 atom stereocenters. The molecule has 0 unspecified atom stereocenters. The van der Waals surface area contributed by atoms with Gasteiger partial charge in [0.15, 0.2) is 0 Å². The number of halogens is 1. The Labute approximate surface area is 146 Å². The maximum Gasteiger partial charge on any atom is 0.226 e. The van der Waals surface area contributed by atoms with Gasteiger partial charge in [-0.25, -0.2) is 9.37 Å². The standard InChI is InChI=1S/C20H21FN2O2/c1-2-24-19-6-4-3-5-16(19)13-22-12-11-18-14-25-20(23-18)15-7-9-17(21)10-8-15/h3-10,14,22H,2,11-13H2,1H3. The highest BCUT2D eigenvalue weighted by Gasteiger charge is 2.07. The zero-order chi connectivity index (χ0) is 17.5. The molecule has 2 aromatic carbocycles. The lowest BCUT2D eigenvalue weighted by Crippen LogP contribution is -2.17. The average Bonchev–Trinajstić information content (AvgIpc) is 3.10. The predicted octanol–water partition coefficient (Wildman–Crippen LogP) is 4.21. The lowest BCUT2D eigenvalue weighted by Gasteiger charge is -2.10. The Bertz CT molecular complexity index is 799. The van der Waals surface area contributed by atoms with E-state index >= 15 is 0 Å². The molecule has 0 bridgehead atoms. The summed E-state index contributed by atoms with van der Waals surface area (Å²) in [5, 5.41) is 3.39. The summed E-state index contributed by atoms with van der Waals surface area (Å²) in [5.74, 6) is 1.15. The zero-order valence-electron chi connectivity index (χ0n) is 14.2. The fourth-order valence-corrected chi connectivity index (χ4v) is 2.53. The van der Waals surface area contributed by atoms with Crippen molar-refractivity contribution in [3.63, 3.8) is 0 Å². The van der Waals surface area contributed by atoms with Crippen LogP contribution >= 0.6 is 0 Å². The number of para-hydroxylation sites is 1. The maximum atomic E-state index is 13.0. The quantitative estimate of drug-likeness (QED) is 0.624. The third-order valence-electron chi connectivity index (χ3n) is 3.79. The van der Waals surface area contributed by atoms with E-state index in [1.165, 1.54) is 12.1 Å². The summed E-state index contributed by atoms with van der Waals surface area (Å²) in [6.45, 7) is 4.14. The molecule has 4 nitrogen and oxygen atoms in total. The van der Waals surface area contributed by atoms with Crippen molar-refractivity contribution in [3.05, 3.63) is 71.9 Å². The normalized spacial score (nSPS) is 10.8. The largest absolute Gasteiger partial charge is 0.494 e. The second-order valence-corrected chi connectivity index (χ2v) is 5.62. The minimum atomic E-state index is -0.271. The SMILES string of the molecule is CCOc1ccccc1CNCCc1coc(-c2ccc(F)cc2)n1. The van der Waals surface area contributed by atoms with E-state index in [-0.39, 0.29) is 5.82 Å².